The van der Waals surface area contributed by atoms with Crippen molar-refractivity contribution in [3.63, 3.8) is 0 Å². The molecule has 0 bridgehead atoms. The molecule has 0 aromatic carbocycles. The lowest BCUT2D eigenvalue weighted by Crippen LogP contribution is -2.31. The first kappa shape index (κ1) is 17.4. The molecule has 0 rings (SSSR count). The van der Waals surface area contributed by atoms with Crippen LogP contribution in [0.5, 0.6) is 0 Å². The third-order valence-corrected chi connectivity index (χ3v) is 3.72. The molecular formula is C15H32N2O. The first-order chi connectivity index (χ1) is 8.44. The van der Waals surface area contributed by atoms with Crippen molar-refractivity contribution in [2.75, 3.05) is 13.2 Å². The maximum absolute atomic E-state index is 7.49. The van der Waals surface area contributed by atoms with E-state index in [1.54, 1.807) is 0 Å². The van der Waals surface area contributed by atoms with E-state index in [1.807, 2.05) is 13.8 Å². The van der Waals surface area contributed by atoms with Gasteiger partial charge in [-0.1, -0.05) is 47.0 Å². The van der Waals surface area contributed by atoms with Crippen LogP contribution in [-0.4, -0.2) is 19.0 Å². The van der Waals surface area contributed by atoms with Crippen molar-refractivity contribution in [2.24, 2.45) is 17.1 Å². The summed E-state index contributed by atoms with van der Waals surface area (Å²) in [7, 11) is 0. The third kappa shape index (κ3) is 7.70. The molecule has 108 valence electrons. The predicted molar refractivity (Wildman–Crippen MR) is 79.1 cm³/mol. The van der Waals surface area contributed by atoms with Crippen molar-refractivity contribution in [1.82, 2.24) is 0 Å². The second-order valence-corrected chi connectivity index (χ2v) is 5.89. The number of unbranched alkanes of at least 4 members (excludes halogenated alkanes) is 1. The Morgan fingerprint density at radius 1 is 1.28 bits per heavy atom. The lowest BCUT2D eigenvalue weighted by Gasteiger charge is -2.22. The van der Waals surface area contributed by atoms with Crippen molar-refractivity contribution >= 4 is 5.84 Å². The fourth-order valence-corrected chi connectivity index (χ4v) is 1.90. The molecule has 0 spiro atoms. The molecule has 0 radical (unpaired) electrons. The number of ether oxygens (including phenoxy) is 1. The Bertz CT molecular complexity index is 227. The molecule has 0 fully saturated rings. The molecule has 1 atom stereocenters. The van der Waals surface area contributed by atoms with Gasteiger partial charge in [0.05, 0.1) is 5.84 Å². The van der Waals surface area contributed by atoms with Crippen LogP contribution in [0.4, 0.5) is 0 Å². The minimum absolute atomic E-state index is 0.185. The summed E-state index contributed by atoms with van der Waals surface area (Å²) in [6.45, 7) is 10.2. The van der Waals surface area contributed by atoms with Crippen LogP contribution in [0.15, 0.2) is 0 Å². The van der Waals surface area contributed by atoms with Gasteiger partial charge in [-0.2, -0.15) is 0 Å². The van der Waals surface area contributed by atoms with Crippen LogP contribution in [0.1, 0.15) is 66.2 Å². The van der Waals surface area contributed by atoms with Crippen molar-refractivity contribution in [1.29, 1.82) is 5.41 Å². The smallest absolute Gasteiger partial charge is 0.0963 e. The normalized spacial score (nSPS) is 13.6. The van der Waals surface area contributed by atoms with Crippen LogP contribution in [-0.2, 0) is 4.74 Å². The van der Waals surface area contributed by atoms with E-state index >= 15 is 0 Å². The number of nitrogens with two attached hydrogens (primary N) is 1. The summed E-state index contributed by atoms with van der Waals surface area (Å²) in [4.78, 5) is 0. The van der Waals surface area contributed by atoms with Crippen LogP contribution in [0.2, 0.25) is 0 Å². The molecule has 0 amide bonds. The van der Waals surface area contributed by atoms with Crippen LogP contribution in [0.25, 0.3) is 0 Å². The summed E-state index contributed by atoms with van der Waals surface area (Å²) in [5.74, 6) is 0.989. The number of hydrogen-bond acceptors (Lipinski definition) is 2. The predicted octanol–water partition coefficient (Wildman–Crippen LogP) is 3.96. The first-order valence-electron chi connectivity index (χ1n) is 7.36. The van der Waals surface area contributed by atoms with Gasteiger partial charge in [0.2, 0.25) is 0 Å². The summed E-state index contributed by atoms with van der Waals surface area (Å²) in [6.07, 6.45) is 6.97. The molecule has 18 heavy (non-hydrogen) atoms. The molecule has 0 saturated heterocycles. The maximum Gasteiger partial charge on any atom is 0.0963 e. The van der Waals surface area contributed by atoms with Gasteiger partial charge in [0.25, 0.3) is 0 Å². The van der Waals surface area contributed by atoms with E-state index < -0.39 is 0 Å². The van der Waals surface area contributed by atoms with Gasteiger partial charge in [-0.15, -0.1) is 0 Å². The largest absolute Gasteiger partial charge is 0.387 e. The molecule has 0 heterocycles. The van der Waals surface area contributed by atoms with Crippen LogP contribution in [0, 0.1) is 16.7 Å². The average molecular weight is 256 g/mol. The van der Waals surface area contributed by atoms with Gasteiger partial charge in [0, 0.05) is 18.6 Å². The minimum atomic E-state index is -0.185. The molecule has 0 aromatic rings. The zero-order chi connectivity index (χ0) is 14.0. The Morgan fingerprint density at radius 2 is 1.94 bits per heavy atom. The average Bonchev–Trinajstić information content (AvgIpc) is 2.32. The summed E-state index contributed by atoms with van der Waals surface area (Å²) in [5.41, 5.74) is 5.37. The third-order valence-electron chi connectivity index (χ3n) is 3.72. The number of hydrogen-bond donors (Lipinski definition) is 2. The maximum atomic E-state index is 7.49. The monoisotopic (exact) mass is 256 g/mol. The molecule has 0 aliphatic heterocycles. The molecule has 0 aliphatic rings. The first-order valence-corrected chi connectivity index (χ1v) is 7.36. The van der Waals surface area contributed by atoms with Crippen LogP contribution < -0.4 is 5.73 Å². The highest BCUT2D eigenvalue weighted by atomic mass is 16.5. The van der Waals surface area contributed by atoms with E-state index in [1.165, 1.54) is 25.7 Å². The summed E-state index contributed by atoms with van der Waals surface area (Å²) in [6, 6.07) is 0. The molecule has 0 aliphatic carbocycles. The minimum Gasteiger partial charge on any atom is -0.387 e. The second kappa shape index (κ2) is 9.37. The van der Waals surface area contributed by atoms with Gasteiger partial charge in [0.1, 0.15) is 0 Å². The number of rotatable bonds is 11. The Labute approximate surface area is 113 Å². The highest BCUT2D eigenvalue weighted by Crippen LogP contribution is 2.21. The summed E-state index contributed by atoms with van der Waals surface area (Å²) in [5, 5.41) is 7.49. The van der Waals surface area contributed by atoms with E-state index in [9.17, 15) is 0 Å². The van der Waals surface area contributed by atoms with Gasteiger partial charge in [-0.3, -0.25) is 5.41 Å². The van der Waals surface area contributed by atoms with Crippen molar-refractivity contribution in [3.05, 3.63) is 0 Å². The van der Waals surface area contributed by atoms with Crippen molar-refractivity contribution in [2.45, 2.75) is 66.2 Å². The number of amidine groups is 1. The second-order valence-electron chi connectivity index (χ2n) is 5.89. The number of nitrogens with one attached hydrogen (secondary N) is 1. The molecular weight excluding hydrogens is 224 g/mol. The Balaban J connectivity index is 3.63. The van der Waals surface area contributed by atoms with Gasteiger partial charge in [-0.05, 0) is 25.2 Å². The topological polar surface area (TPSA) is 59.1 Å². The summed E-state index contributed by atoms with van der Waals surface area (Å²) < 4.78 is 5.75. The van der Waals surface area contributed by atoms with Gasteiger partial charge < -0.3 is 10.5 Å². The SMILES string of the molecule is CCCCC(CC)COCCCC(C)(C)C(=N)N. The Morgan fingerprint density at radius 3 is 2.44 bits per heavy atom. The molecule has 3 nitrogen and oxygen atoms in total. The quantitative estimate of drug-likeness (QED) is 0.334. The zero-order valence-electron chi connectivity index (χ0n) is 12.7. The standard InChI is InChI=1S/C15H32N2O/c1-5-7-9-13(6-2)12-18-11-8-10-15(3,4)14(16)17/h13H,5-12H2,1-4H3,(H3,16,17). The Hall–Kier alpha value is -0.570. The van der Waals surface area contributed by atoms with E-state index in [4.69, 9.17) is 15.9 Å². The van der Waals surface area contributed by atoms with E-state index in [0.717, 1.165) is 26.1 Å². The molecule has 1 unspecified atom stereocenters. The van der Waals surface area contributed by atoms with Crippen molar-refractivity contribution in [3.8, 4) is 0 Å². The highest BCUT2D eigenvalue weighted by Gasteiger charge is 2.20. The summed E-state index contributed by atoms with van der Waals surface area (Å²) >= 11 is 0. The lowest BCUT2D eigenvalue weighted by molar-refractivity contribution is 0.0879. The molecule has 0 saturated carbocycles. The fraction of sp³-hybridized carbons (Fsp3) is 0.933. The van der Waals surface area contributed by atoms with Gasteiger partial charge >= 0.3 is 0 Å². The molecule has 0 aromatic heterocycles. The molecule has 3 N–H and O–H groups in total. The van der Waals surface area contributed by atoms with E-state index in [-0.39, 0.29) is 11.3 Å². The zero-order valence-corrected chi connectivity index (χ0v) is 12.7. The Kier molecular flexibility index (Phi) is 9.08. The fourth-order valence-electron chi connectivity index (χ4n) is 1.90. The van der Waals surface area contributed by atoms with E-state index in [2.05, 4.69) is 13.8 Å². The molecule has 3 heteroatoms. The van der Waals surface area contributed by atoms with Gasteiger partial charge in [-0.25, -0.2) is 0 Å². The van der Waals surface area contributed by atoms with Crippen LogP contribution in [0.3, 0.4) is 0 Å². The lowest BCUT2D eigenvalue weighted by atomic mass is 9.87. The van der Waals surface area contributed by atoms with E-state index in [0.29, 0.717) is 5.92 Å². The van der Waals surface area contributed by atoms with Crippen molar-refractivity contribution < 1.29 is 4.74 Å². The van der Waals surface area contributed by atoms with Crippen LogP contribution >= 0.6 is 0 Å². The highest BCUT2D eigenvalue weighted by molar-refractivity contribution is 5.82. The van der Waals surface area contributed by atoms with Gasteiger partial charge in [0.15, 0.2) is 0 Å².